The number of aryl methyl sites for hydroxylation is 1. The molecule has 0 aliphatic rings. The lowest BCUT2D eigenvalue weighted by Crippen LogP contribution is -2.31. The average molecular weight is 292 g/mol. The maximum Gasteiger partial charge on any atom is 0.220 e. The van der Waals surface area contributed by atoms with Crippen LogP contribution < -0.4 is 15.8 Å². The van der Waals surface area contributed by atoms with Gasteiger partial charge in [-0.15, -0.1) is 0 Å². The molecule has 0 aliphatic carbocycles. The molecule has 1 aromatic carbocycles. The van der Waals surface area contributed by atoms with E-state index in [1.807, 2.05) is 31.2 Å². The summed E-state index contributed by atoms with van der Waals surface area (Å²) in [5.74, 6) is 1.72. The van der Waals surface area contributed by atoms with Gasteiger partial charge in [0, 0.05) is 6.42 Å². The molecule has 1 amide bonds. The van der Waals surface area contributed by atoms with Crippen molar-refractivity contribution < 1.29 is 9.53 Å². The summed E-state index contributed by atoms with van der Waals surface area (Å²) in [6, 6.07) is 7.88. The minimum absolute atomic E-state index is 0.0546. The number of carbonyl (C=O) groups excluding carboxylic acids is 1. The summed E-state index contributed by atoms with van der Waals surface area (Å²) < 4.78 is 5.59. The van der Waals surface area contributed by atoms with Crippen LogP contribution in [0.5, 0.6) is 5.75 Å². The Balaban J connectivity index is 2.21. The van der Waals surface area contributed by atoms with Crippen LogP contribution in [-0.2, 0) is 4.79 Å². The number of rotatable bonds is 9. The maximum atomic E-state index is 11.8. The van der Waals surface area contributed by atoms with E-state index in [4.69, 9.17) is 10.5 Å². The molecule has 0 aliphatic heterocycles. The number of nitrogens with two attached hydrogens (primary N) is 1. The van der Waals surface area contributed by atoms with E-state index in [1.54, 1.807) is 0 Å². The molecule has 1 unspecified atom stereocenters. The van der Waals surface area contributed by atoms with Crippen LogP contribution in [-0.4, -0.2) is 25.6 Å². The van der Waals surface area contributed by atoms with Crippen LogP contribution in [0, 0.1) is 18.8 Å². The van der Waals surface area contributed by atoms with Crippen LogP contribution in [0.1, 0.15) is 32.3 Å². The Hall–Kier alpha value is -1.55. The SMILES string of the molecule is Cc1cccc(OCCNC(=O)CC(CN)CC(C)C)c1. The van der Waals surface area contributed by atoms with E-state index in [9.17, 15) is 4.79 Å². The first kappa shape index (κ1) is 17.5. The molecule has 0 fully saturated rings. The van der Waals surface area contributed by atoms with Crippen molar-refractivity contribution in [2.75, 3.05) is 19.7 Å². The van der Waals surface area contributed by atoms with Gasteiger partial charge in [0.2, 0.25) is 5.91 Å². The number of hydrogen-bond donors (Lipinski definition) is 2. The molecule has 0 saturated carbocycles. The average Bonchev–Trinajstić information content (AvgIpc) is 2.42. The standard InChI is InChI=1S/C17H28N2O2/c1-13(2)9-15(12-18)11-17(20)19-7-8-21-16-6-4-5-14(3)10-16/h4-6,10,13,15H,7-9,11-12,18H2,1-3H3,(H,19,20). The number of amides is 1. The molecule has 118 valence electrons. The van der Waals surface area contributed by atoms with E-state index in [0.29, 0.717) is 32.0 Å². The molecule has 1 rings (SSSR count). The largest absolute Gasteiger partial charge is 0.492 e. The van der Waals surface area contributed by atoms with Gasteiger partial charge < -0.3 is 15.8 Å². The molecule has 0 saturated heterocycles. The molecule has 4 nitrogen and oxygen atoms in total. The zero-order valence-corrected chi connectivity index (χ0v) is 13.4. The van der Waals surface area contributed by atoms with Gasteiger partial charge in [-0.05, 0) is 49.4 Å². The molecule has 21 heavy (non-hydrogen) atoms. The van der Waals surface area contributed by atoms with E-state index in [1.165, 1.54) is 0 Å². The Morgan fingerprint density at radius 3 is 2.76 bits per heavy atom. The van der Waals surface area contributed by atoms with E-state index in [0.717, 1.165) is 17.7 Å². The molecule has 4 heteroatoms. The van der Waals surface area contributed by atoms with Crippen LogP contribution in [0.2, 0.25) is 0 Å². The van der Waals surface area contributed by atoms with Gasteiger partial charge >= 0.3 is 0 Å². The lowest BCUT2D eigenvalue weighted by atomic mass is 9.94. The van der Waals surface area contributed by atoms with Gasteiger partial charge in [0.1, 0.15) is 12.4 Å². The minimum atomic E-state index is 0.0546. The molecular weight excluding hydrogens is 264 g/mol. The number of hydrogen-bond acceptors (Lipinski definition) is 3. The third-order valence-electron chi connectivity index (χ3n) is 3.29. The Labute approximate surface area is 128 Å². The van der Waals surface area contributed by atoms with Gasteiger partial charge in [-0.3, -0.25) is 4.79 Å². The summed E-state index contributed by atoms with van der Waals surface area (Å²) in [7, 11) is 0. The fourth-order valence-electron chi connectivity index (χ4n) is 2.33. The molecule has 0 bridgehead atoms. The predicted octanol–water partition coefficient (Wildman–Crippen LogP) is 2.50. The number of nitrogens with one attached hydrogen (secondary N) is 1. The molecule has 1 aromatic rings. The Morgan fingerprint density at radius 1 is 1.38 bits per heavy atom. The van der Waals surface area contributed by atoms with Crippen molar-refractivity contribution >= 4 is 5.91 Å². The van der Waals surface area contributed by atoms with Gasteiger partial charge in [0.25, 0.3) is 0 Å². The molecule has 0 aromatic heterocycles. The van der Waals surface area contributed by atoms with Gasteiger partial charge in [0.05, 0.1) is 6.54 Å². The second kappa shape index (κ2) is 9.40. The fraction of sp³-hybridized carbons (Fsp3) is 0.588. The minimum Gasteiger partial charge on any atom is -0.492 e. The van der Waals surface area contributed by atoms with Crippen molar-refractivity contribution in [3.8, 4) is 5.75 Å². The van der Waals surface area contributed by atoms with Gasteiger partial charge in [-0.2, -0.15) is 0 Å². The van der Waals surface area contributed by atoms with Crippen LogP contribution in [0.3, 0.4) is 0 Å². The summed E-state index contributed by atoms with van der Waals surface area (Å²) in [5, 5.41) is 2.89. The van der Waals surface area contributed by atoms with Crippen molar-refractivity contribution in [2.24, 2.45) is 17.6 Å². The first-order valence-corrected chi connectivity index (χ1v) is 7.67. The van der Waals surface area contributed by atoms with Crippen molar-refractivity contribution in [2.45, 2.75) is 33.6 Å². The summed E-state index contributed by atoms with van der Waals surface area (Å²) >= 11 is 0. The summed E-state index contributed by atoms with van der Waals surface area (Å²) in [6.45, 7) is 7.88. The van der Waals surface area contributed by atoms with Crippen molar-refractivity contribution in [3.05, 3.63) is 29.8 Å². The highest BCUT2D eigenvalue weighted by Crippen LogP contribution is 2.14. The molecule has 0 heterocycles. The van der Waals surface area contributed by atoms with Crippen molar-refractivity contribution in [1.82, 2.24) is 5.32 Å². The molecule has 0 spiro atoms. The van der Waals surface area contributed by atoms with Crippen LogP contribution in [0.4, 0.5) is 0 Å². The predicted molar refractivity (Wildman–Crippen MR) is 86.3 cm³/mol. The zero-order valence-electron chi connectivity index (χ0n) is 13.4. The third kappa shape index (κ3) is 7.71. The van der Waals surface area contributed by atoms with Crippen molar-refractivity contribution in [1.29, 1.82) is 0 Å². The van der Waals surface area contributed by atoms with E-state index < -0.39 is 0 Å². The highest BCUT2D eigenvalue weighted by atomic mass is 16.5. The quantitative estimate of drug-likeness (QED) is 0.687. The Morgan fingerprint density at radius 2 is 2.14 bits per heavy atom. The van der Waals surface area contributed by atoms with Crippen molar-refractivity contribution in [3.63, 3.8) is 0 Å². The number of ether oxygens (including phenoxy) is 1. The van der Waals surface area contributed by atoms with E-state index in [-0.39, 0.29) is 11.8 Å². The third-order valence-corrected chi connectivity index (χ3v) is 3.29. The summed E-state index contributed by atoms with van der Waals surface area (Å²) in [6.07, 6.45) is 1.49. The highest BCUT2D eigenvalue weighted by Gasteiger charge is 2.13. The Kier molecular flexibility index (Phi) is 7.83. The van der Waals surface area contributed by atoms with E-state index >= 15 is 0 Å². The monoisotopic (exact) mass is 292 g/mol. The molecule has 1 atom stereocenters. The molecule has 0 radical (unpaired) electrons. The first-order valence-electron chi connectivity index (χ1n) is 7.67. The maximum absolute atomic E-state index is 11.8. The topological polar surface area (TPSA) is 64.3 Å². The van der Waals surface area contributed by atoms with Gasteiger partial charge in [0.15, 0.2) is 0 Å². The second-order valence-corrected chi connectivity index (χ2v) is 5.95. The van der Waals surface area contributed by atoms with Gasteiger partial charge in [-0.25, -0.2) is 0 Å². The van der Waals surface area contributed by atoms with E-state index in [2.05, 4.69) is 19.2 Å². The lowest BCUT2D eigenvalue weighted by molar-refractivity contribution is -0.122. The summed E-state index contributed by atoms with van der Waals surface area (Å²) in [4.78, 5) is 11.8. The number of carbonyl (C=O) groups is 1. The number of benzene rings is 1. The fourth-order valence-corrected chi connectivity index (χ4v) is 2.33. The van der Waals surface area contributed by atoms with Crippen LogP contribution >= 0.6 is 0 Å². The Bertz CT molecular complexity index is 433. The zero-order chi connectivity index (χ0) is 15.7. The smallest absolute Gasteiger partial charge is 0.220 e. The van der Waals surface area contributed by atoms with Crippen LogP contribution in [0.25, 0.3) is 0 Å². The lowest BCUT2D eigenvalue weighted by Gasteiger charge is -2.16. The first-order chi connectivity index (χ1) is 10.0. The second-order valence-electron chi connectivity index (χ2n) is 5.95. The molecule has 3 N–H and O–H groups in total. The molecular formula is C17H28N2O2. The normalized spacial score (nSPS) is 12.2. The highest BCUT2D eigenvalue weighted by molar-refractivity contribution is 5.76. The van der Waals surface area contributed by atoms with Gasteiger partial charge in [-0.1, -0.05) is 26.0 Å². The summed E-state index contributed by atoms with van der Waals surface area (Å²) in [5.41, 5.74) is 6.87. The van der Waals surface area contributed by atoms with Crippen LogP contribution in [0.15, 0.2) is 24.3 Å².